The molecule has 0 aromatic heterocycles. The summed E-state index contributed by atoms with van der Waals surface area (Å²) in [4.78, 5) is 0. The molecule has 0 N–H and O–H groups in total. The molecule has 1 saturated carbocycles. The summed E-state index contributed by atoms with van der Waals surface area (Å²) in [5.74, 6) is 9.79. The fraction of sp³-hybridized carbons (Fsp3) is 0.529. The molecule has 1 atom stereocenters. The smallest absolute Gasteiger partial charge is 0.0249 e. The molecule has 0 amide bonds. The zero-order chi connectivity index (χ0) is 23.6. The molecule has 0 saturated heterocycles. The Kier molecular flexibility index (Phi) is 9.50. The highest BCUT2D eigenvalue weighted by molar-refractivity contribution is 5.64. The predicted octanol–water partition coefficient (Wildman–Crippen LogP) is 9.77. The highest BCUT2D eigenvalue weighted by atomic mass is 14.3. The van der Waals surface area contributed by atoms with Gasteiger partial charge in [0.1, 0.15) is 0 Å². The molecular weight excluding hydrogens is 408 g/mol. The van der Waals surface area contributed by atoms with Gasteiger partial charge in [0.2, 0.25) is 0 Å². The molecule has 2 aromatic rings. The minimum absolute atomic E-state index is 0.908. The molecule has 0 spiro atoms. The van der Waals surface area contributed by atoms with E-state index in [9.17, 15) is 0 Å². The first-order valence-electron chi connectivity index (χ1n) is 14.2. The van der Waals surface area contributed by atoms with Gasteiger partial charge in [0.15, 0.2) is 0 Å². The second-order valence-electron chi connectivity index (χ2n) is 10.8. The second kappa shape index (κ2) is 13.0. The van der Waals surface area contributed by atoms with Crippen molar-refractivity contribution in [3.05, 3.63) is 71.3 Å². The molecule has 1 unspecified atom stereocenters. The molecule has 0 heteroatoms. The molecule has 2 aliphatic rings. The van der Waals surface area contributed by atoms with Crippen LogP contribution in [0.15, 0.2) is 60.2 Å². The van der Waals surface area contributed by atoms with Crippen molar-refractivity contribution < 1.29 is 0 Å². The van der Waals surface area contributed by atoms with Crippen molar-refractivity contribution in [1.82, 2.24) is 0 Å². The second-order valence-corrected chi connectivity index (χ2v) is 10.8. The summed E-state index contributed by atoms with van der Waals surface area (Å²) in [5.41, 5.74) is 6.51. The van der Waals surface area contributed by atoms with Crippen LogP contribution >= 0.6 is 0 Å². The maximum atomic E-state index is 3.48. The highest BCUT2D eigenvalue weighted by Crippen LogP contribution is 2.40. The van der Waals surface area contributed by atoms with Gasteiger partial charge in [-0.25, -0.2) is 0 Å². The predicted molar refractivity (Wildman–Crippen MR) is 148 cm³/mol. The summed E-state index contributed by atoms with van der Waals surface area (Å²) in [5, 5.41) is 0. The van der Waals surface area contributed by atoms with Gasteiger partial charge in [-0.15, -0.1) is 0 Å². The first kappa shape index (κ1) is 24.9. The third-order valence-corrected chi connectivity index (χ3v) is 8.45. The van der Waals surface area contributed by atoms with E-state index in [0.717, 1.165) is 23.3 Å². The Labute approximate surface area is 209 Å². The molecule has 0 radical (unpaired) electrons. The number of hydrogen-bond acceptors (Lipinski definition) is 0. The first-order chi connectivity index (χ1) is 16.7. The Bertz CT molecular complexity index is 955. The molecule has 2 aromatic carbocycles. The van der Waals surface area contributed by atoms with Crippen molar-refractivity contribution in [2.45, 2.75) is 97.3 Å². The lowest BCUT2D eigenvalue weighted by atomic mass is 9.71. The Morgan fingerprint density at radius 3 is 2.03 bits per heavy atom. The van der Waals surface area contributed by atoms with Gasteiger partial charge < -0.3 is 0 Å². The van der Waals surface area contributed by atoms with E-state index < -0.39 is 0 Å². The fourth-order valence-corrected chi connectivity index (χ4v) is 5.98. The van der Waals surface area contributed by atoms with E-state index in [2.05, 4.69) is 80.3 Å². The molecular formula is C34H44. The lowest BCUT2D eigenvalue weighted by molar-refractivity contribution is 0.190. The standard InChI is InChI=1S/C34H44/c1-3-5-6-7-8-28-13-21-32(22-14-28)34-25-17-30(18-26-34)10-9-29-15-23-33(24-16-29)31-19-11-27(4-2)12-20-31/h13-15,17-18,21-22,25-27,31,33H,3-8,11-12,16,19-20,23-24H2,1-2H3. The monoisotopic (exact) mass is 452 g/mol. The van der Waals surface area contributed by atoms with Gasteiger partial charge in [0, 0.05) is 5.56 Å². The van der Waals surface area contributed by atoms with Crippen molar-refractivity contribution in [3.63, 3.8) is 0 Å². The molecule has 34 heavy (non-hydrogen) atoms. The Morgan fingerprint density at radius 1 is 0.706 bits per heavy atom. The number of rotatable bonds is 8. The molecule has 2 aliphatic carbocycles. The number of benzene rings is 2. The summed E-state index contributed by atoms with van der Waals surface area (Å²) in [7, 11) is 0. The number of unbranched alkanes of at least 4 members (excludes halogenated alkanes) is 3. The topological polar surface area (TPSA) is 0 Å². The van der Waals surface area contributed by atoms with Crippen LogP contribution in [-0.2, 0) is 6.42 Å². The van der Waals surface area contributed by atoms with Gasteiger partial charge >= 0.3 is 0 Å². The van der Waals surface area contributed by atoms with Crippen molar-refractivity contribution >= 4 is 0 Å². The van der Waals surface area contributed by atoms with E-state index in [4.69, 9.17) is 0 Å². The molecule has 0 aliphatic heterocycles. The molecule has 4 rings (SSSR count). The quantitative estimate of drug-likeness (QED) is 0.276. The Hall–Kier alpha value is -2.26. The first-order valence-corrected chi connectivity index (χ1v) is 14.2. The summed E-state index contributed by atoms with van der Waals surface area (Å²) >= 11 is 0. The van der Waals surface area contributed by atoms with Crippen LogP contribution in [0, 0.1) is 29.6 Å². The molecule has 0 bridgehead atoms. The van der Waals surface area contributed by atoms with Gasteiger partial charge in [-0.3, -0.25) is 0 Å². The largest absolute Gasteiger partial charge is 0.0726 e. The summed E-state index contributed by atoms with van der Waals surface area (Å²) in [6.45, 7) is 4.63. The maximum absolute atomic E-state index is 3.48. The van der Waals surface area contributed by atoms with Gasteiger partial charge in [-0.2, -0.15) is 0 Å². The lowest BCUT2D eigenvalue weighted by Crippen LogP contribution is -2.22. The Morgan fingerprint density at radius 2 is 1.41 bits per heavy atom. The van der Waals surface area contributed by atoms with Crippen molar-refractivity contribution in [2.24, 2.45) is 17.8 Å². The van der Waals surface area contributed by atoms with E-state index >= 15 is 0 Å². The molecule has 0 heterocycles. The van der Waals surface area contributed by atoms with E-state index in [1.165, 1.54) is 106 Å². The van der Waals surface area contributed by atoms with Crippen LogP contribution in [0.25, 0.3) is 11.1 Å². The SMILES string of the molecule is CCCCCCc1ccc(-c2ccc(C#CC3=CCC(C4CCC(CC)CC4)CC3)cc2)cc1. The van der Waals surface area contributed by atoms with Crippen LogP contribution in [0.5, 0.6) is 0 Å². The summed E-state index contributed by atoms with van der Waals surface area (Å²) in [6, 6.07) is 17.9. The fourth-order valence-electron chi connectivity index (χ4n) is 5.98. The number of allylic oxidation sites excluding steroid dienone is 2. The maximum Gasteiger partial charge on any atom is 0.0249 e. The van der Waals surface area contributed by atoms with E-state index in [1.54, 1.807) is 0 Å². The van der Waals surface area contributed by atoms with Crippen LogP contribution < -0.4 is 0 Å². The average Bonchev–Trinajstić information content (AvgIpc) is 2.91. The zero-order valence-electron chi connectivity index (χ0n) is 21.6. The van der Waals surface area contributed by atoms with E-state index in [1.807, 2.05) is 0 Å². The third-order valence-electron chi connectivity index (χ3n) is 8.45. The Balaban J connectivity index is 1.27. The van der Waals surface area contributed by atoms with Crippen LogP contribution in [0.2, 0.25) is 0 Å². The van der Waals surface area contributed by atoms with Crippen LogP contribution in [0.1, 0.15) is 102 Å². The van der Waals surface area contributed by atoms with Gasteiger partial charge in [-0.05, 0) is 97.1 Å². The zero-order valence-corrected chi connectivity index (χ0v) is 21.6. The average molecular weight is 453 g/mol. The number of hydrogen-bond donors (Lipinski definition) is 0. The normalized spacial score (nSPS) is 22.5. The van der Waals surface area contributed by atoms with E-state index in [-0.39, 0.29) is 0 Å². The molecule has 180 valence electrons. The van der Waals surface area contributed by atoms with Crippen molar-refractivity contribution in [3.8, 4) is 23.0 Å². The lowest BCUT2D eigenvalue weighted by Gasteiger charge is -2.34. The molecule has 0 nitrogen and oxygen atoms in total. The van der Waals surface area contributed by atoms with Gasteiger partial charge in [0.25, 0.3) is 0 Å². The van der Waals surface area contributed by atoms with Gasteiger partial charge in [0.05, 0.1) is 0 Å². The third kappa shape index (κ3) is 7.12. The number of aryl methyl sites for hydroxylation is 1. The minimum atomic E-state index is 0.908. The van der Waals surface area contributed by atoms with Crippen LogP contribution in [0.3, 0.4) is 0 Å². The van der Waals surface area contributed by atoms with E-state index in [0.29, 0.717) is 0 Å². The van der Waals surface area contributed by atoms with Crippen molar-refractivity contribution in [2.75, 3.05) is 0 Å². The summed E-state index contributed by atoms with van der Waals surface area (Å²) < 4.78 is 0. The summed E-state index contributed by atoms with van der Waals surface area (Å²) in [6.07, 6.45) is 20.0. The van der Waals surface area contributed by atoms with Crippen LogP contribution in [-0.4, -0.2) is 0 Å². The van der Waals surface area contributed by atoms with Crippen LogP contribution in [0.4, 0.5) is 0 Å². The molecule has 1 fully saturated rings. The highest BCUT2D eigenvalue weighted by Gasteiger charge is 2.27. The van der Waals surface area contributed by atoms with Gasteiger partial charge in [-0.1, -0.05) is 107 Å². The van der Waals surface area contributed by atoms with Crippen molar-refractivity contribution in [1.29, 1.82) is 0 Å². The minimum Gasteiger partial charge on any atom is -0.0726 e.